The molecule has 0 radical (unpaired) electrons. The first kappa shape index (κ1) is 15.6. The zero-order valence-electron chi connectivity index (χ0n) is 10.8. The fraction of sp³-hybridized carbons (Fsp3) is 0.133. The van der Waals surface area contributed by atoms with Crippen LogP contribution < -0.4 is 5.32 Å². The standard InChI is InChI=1S/C15H11BrF3NO/c16-7-9-2-1-3-10(6-9)8-20-15(21)11-4-5-12(17)14(19)13(11)18/h1-6H,7-8H2,(H,20,21). The Bertz CT molecular complexity index is 676. The van der Waals surface area contributed by atoms with Crippen molar-refractivity contribution < 1.29 is 18.0 Å². The average Bonchev–Trinajstić information content (AvgIpc) is 2.50. The Balaban J connectivity index is 2.10. The van der Waals surface area contributed by atoms with Crippen LogP contribution in [0.15, 0.2) is 36.4 Å². The number of halogens is 4. The van der Waals surface area contributed by atoms with Crippen molar-refractivity contribution in [1.82, 2.24) is 5.32 Å². The molecule has 2 rings (SSSR count). The van der Waals surface area contributed by atoms with Crippen LogP contribution in [0.25, 0.3) is 0 Å². The largest absolute Gasteiger partial charge is 0.348 e. The van der Waals surface area contributed by atoms with E-state index in [2.05, 4.69) is 21.2 Å². The van der Waals surface area contributed by atoms with Gasteiger partial charge in [-0.25, -0.2) is 13.2 Å². The molecule has 0 fully saturated rings. The topological polar surface area (TPSA) is 29.1 Å². The predicted octanol–water partition coefficient (Wildman–Crippen LogP) is 3.93. The van der Waals surface area contributed by atoms with E-state index >= 15 is 0 Å². The normalized spacial score (nSPS) is 10.5. The maximum atomic E-state index is 13.5. The van der Waals surface area contributed by atoms with E-state index < -0.39 is 28.9 Å². The van der Waals surface area contributed by atoms with Gasteiger partial charge in [0, 0.05) is 11.9 Å². The van der Waals surface area contributed by atoms with Gasteiger partial charge >= 0.3 is 0 Å². The number of carbonyl (C=O) groups is 1. The lowest BCUT2D eigenvalue weighted by atomic mass is 10.1. The third kappa shape index (κ3) is 3.64. The van der Waals surface area contributed by atoms with E-state index in [4.69, 9.17) is 0 Å². The Hall–Kier alpha value is -1.82. The second kappa shape index (κ2) is 6.76. The number of carbonyl (C=O) groups excluding carboxylic acids is 1. The van der Waals surface area contributed by atoms with E-state index in [9.17, 15) is 18.0 Å². The highest BCUT2D eigenvalue weighted by atomic mass is 79.9. The van der Waals surface area contributed by atoms with Crippen LogP contribution in [0.4, 0.5) is 13.2 Å². The molecule has 0 heterocycles. The maximum Gasteiger partial charge on any atom is 0.254 e. The van der Waals surface area contributed by atoms with Crippen molar-refractivity contribution >= 4 is 21.8 Å². The van der Waals surface area contributed by atoms with E-state index in [1.165, 1.54) is 0 Å². The van der Waals surface area contributed by atoms with Gasteiger partial charge in [-0.2, -0.15) is 0 Å². The summed E-state index contributed by atoms with van der Waals surface area (Å²) in [6.07, 6.45) is 0. The van der Waals surface area contributed by atoms with Crippen LogP contribution in [0.5, 0.6) is 0 Å². The first-order valence-electron chi connectivity index (χ1n) is 6.08. The van der Waals surface area contributed by atoms with E-state index in [1.54, 1.807) is 6.07 Å². The highest BCUT2D eigenvalue weighted by Gasteiger charge is 2.18. The molecule has 0 aliphatic rings. The third-order valence-corrected chi connectivity index (χ3v) is 3.53. The van der Waals surface area contributed by atoms with Crippen molar-refractivity contribution in [1.29, 1.82) is 0 Å². The van der Waals surface area contributed by atoms with Crippen molar-refractivity contribution in [2.24, 2.45) is 0 Å². The lowest BCUT2D eigenvalue weighted by molar-refractivity contribution is 0.0945. The molecule has 1 N–H and O–H groups in total. The molecule has 0 saturated carbocycles. The van der Waals surface area contributed by atoms with Crippen LogP contribution in [0.3, 0.4) is 0 Å². The summed E-state index contributed by atoms with van der Waals surface area (Å²) in [5.41, 5.74) is 1.33. The molecule has 0 unspecified atom stereocenters. The van der Waals surface area contributed by atoms with Crippen LogP contribution in [0.1, 0.15) is 21.5 Å². The Morgan fingerprint density at radius 2 is 1.76 bits per heavy atom. The number of benzene rings is 2. The van der Waals surface area contributed by atoms with E-state index in [1.807, 2.05) is 18.2 Å². The summed E-state index contributed by atoms with van der Waals surface area (Å²) < 4.78 is 39.4. The highest BCUT2D eigenvalue weighted by Crippen LogP contribution is 2.15. The SMILES string of the molecule is O=C(NCc1cccc(CBr)c1)c1ccc(F)c(F)c1F. The summed E-state index contributed by atoms with van der Waals surface area (Å²) in [5, 5.41) is 3.14. The number of alkyl halides is 1. The summed E-state index contributed by atoms with van der Waals surface area (Å²) in [6, 6.07) is 9.05. The molecule has 0 bridgehead atoms. The van der Waals surface area contributed by atoms with Gasteiger partial charge in [-0.15, -0.1) is 0 Å². The van der Waals surface area contributed by atoms with Crippen LogP contribution >= 0.6 is 15.9 Å². The molecule has 0 spiro atoms. The van der Waals surface area contributed by atoms with E-state index in [-0.39, 0.29) is 6.54 Å². The summed E-state index contributed by atoms with van der Waals surface area (Å²) in [6.45, 7) is 0.165. The predicted molar refractivity (Wildman–Crippen MR) is 76.6 cm³/mol. The van der Waals surface area contributed by atoms with Crippen LogP contribution in [0.2, 0.25) is 0 Å². The Labute approximate surface area is 128 Å². The monoisotopic (exact) mass is 357 g/mol. The number of rotatable bonds is 4. The van der Waals surface area contributed by atoms with Crippen molar-refractivity contribution in [3.05, 3.63) is 70.5 Å². The maximum absolute atomic E-state index is 13.5. The molecule has 0 saturated heterocycles. The molecular formula is C15H11BrF3NO. The van der Waals surface area contributed by atoms with Gasteiger partial charge in [-0.1, -0.05) is 40.2 Å². The van der Waals surface area contributed by atoms with Gasteiger partial charge in [-0.3, -0.25) is 4.79 Å². The van der Waals surface area contributed by atoms with Crippen LogP contribution in [0, 0.1) is 17.5 Å². The number of nitrogens with one attached hydrogen (secondary N) is 1. The summed E-state index contributed by atoms with van der Waals surface area (Å²) in [5.74, 6) is -5.25. The fourth-order valence-corrected chi connectivity index (χ4v) is 2.15. The summed E-state index contributed by atoms with van der Waals surface area (Å²) in [4.78, 5) is 11.8. The fourth-order valence-electron chi connectivity index (χ4n) is 1.80. The zero-order valence-corrected chi connectivity index (χ0v) is 12.4. The average molecular weight is 358 g/mol. The number of amides is 1. The van der Waals surface area contributed by atoms with E-state index in [0.717, 1.165) is 23.3 Å². The molecule has 0 aromatic heterocycles. The van der Waals surface area contributed by atoms with Gasteiger partial charge in [0.15, 0.2) is 17.5 Å². The third-order valence-electron chi connectivity index (χ3n) is 2.88. The minimum absolute atomic E-state index is 0.165. The van der Waals surface area contributed by atoms with Gasteiger partial charge in [0.25, 0.3) is 5.91 Å². The molecule has 21 heavy (non-hydrogen) atoms. The summed E-state index contributed by atoms with van der Waals surface area (Å²) >= 11 is 3.32. The van der Waals surface area contributed by atoms with Gasteiger partial charge in [0.2, 0.25) is 0 Å². The van der Waals surface area contributed by atoms with Crippen LogP contribution in [-0.2, 0) is 11.9 Å². The molecule has 1 amide bonds. The zero-order chi connectivity index (χ0) is 15.4. The molecule has 0 aliphatic carbocycles. The van der Waals surface area contributed by atoms with Crippen molar-refractivity contribution in [3.8, 4) is 0 Å². The molecule has 110 valence electrons. The van der Waals surface area contributed by atoms with Crippen molar-refractivity contribution in [2.75, 3.05) is 0 Å². The van der Waals surface area contributed by atoms with Gasteiger partial charge in [-0.05, 0) is 23.3 Å². The minimum atomic E-state index is -1.65. The molecule has 0 aliphatic heterocycles. The Morgan fingerprint density at radius 3 is 2.48 bits per heavy atom. The lowest BCUT2D eigenvalue weighted by Crippen LogP contribution is -2.24. The van der Waals surface area contributed by atoms with Gasteiger partial charge in [0.1, 0.15) is 0 Å². The summed E-state index contributed by atoms with van der Waals surface area (Å²) in [7, 11) is 0. The second-order valence-electron chi connectivity index (χ2n) is 4.36. The van der Waals surface area contributed by atoms with E-state index in [0.29, 0.717) is 5.33 Å². The number of hydrogen-bond donors (Lipinski definition) is 1. The van der Waals surface area contributed by atoms with Crippen molar-refractivity contribution in [2.45, 2.75) is 11.9 Å². The first-order valence-corrected chi connectivity index (χ1v) is 7.20. The van der Waals surface area contributed by atoms with Crippen LogP contribution in [-0.4, -0.2) is 5.91 Å². The minimum Gasteiger partial charge on any atom is -0.348 e. The molecule has 0 atom stereocenters. The quantitative estimate of drug-likeness (QED) is 0.651. The second-order valence-corrected chi connectivity index (χ2v) is 4.92. The number of hydrogen-bond acceptors (Lipinski definition) is 1. The Morgan fingerprint density at radius 1 is 1.05 bits per heavy atom. The van der Waals surface area contributed by atoms with Gasteiger partial charge in [0.05, 0.1) is 5.56 Å². The van der Waals surface area contributed by atoms with Crippen molar-refractivity contribution in [3.63, 3.8) is 0 Å². The Kier molecular flexibility index (Phi) is 5.01. The molecule has 2 nitrogen and oxygen atoms in total. The first-order chi connectivity index (χ1) is 10.0. The molecular weight excluding hydrogens is 347 g/mol. The highest BCUT2D eigenvalue weighted by molar-refractivity contribution is 9.08. The molecule has 2 aromatic carbocycles. The molecule has 6 heteroatoms. The van der Waals surface area contributed by atoms with Gasteiger partial charge < -0.3 is 5.32 Å². The molecule has 2 aromatic rings. The lowest BCUT2D eigenvalue weighted by Gasteiger charge is -2.08. The smallest absolute Gasteiger partial charge is 0.254 e.